The van der Waals surface area contributed by atoms with E-state index in [0.29, 0.717) is 19.0 Å². The summed E-state index contributed by atoms with van der Waals surface area (Å²) in [5.41, 5.74) is 5.72. The first kappa shape index (κ1) is 12.2. The maximum Gasteiger partial charge on any atom is 0.223 e. The average Bonchev–Trinajstić information content (AvgIpc) is 3.05. The van der Waals surface area contributed by atoms with Crippen molar-refractivity contribution < 1.29 is 4.79 Å². The molecule has 0 radical (unpaired) electrons. The molecule has 2 aliphatic rings. The van der Waals surface area contributed by atoms with Gasteiger partial charge in [-0.2, -0.15) is 0 Å². The van der Waals surface area contributed by atoms with Gasteiger partial charge in [0.15, 0.2) is 5.96 Å². The second kappa shape index (κ2) is 5.89. The normalized spacial score (nSPS) is 20.8. The monoisotopic (exact) mass is 238 g/mol. The number of amides is 1. The number of hydrogen-bond acceptors (Lipinski definition) is 2. The molecule has 0 aromatic rings. The molecule has 2 saturated carbocycles. The van der Waals surface area contributed by atoms with Crippen molar-refractivity contribution in [3.05, 3.63) is 0 Å². The number of nitrogens with two attached hydrogens (primary N) is 1. The Morgan fingerprint density at radius 2 is 1.88 bits per heavy atom. The molecule has 4 N–H and O–H groups in total. The van der Waals surface area contributed by atoms with Crippen LogP contribution in [0.3, 0.4) is 0 Å². The smallest absolute Gasteiger partial charge is 0.223 e. The highest BCUT2D eigenvalue weighted by Gasteiger charge is 2.28. The van der Waals surface area contributed by atoms with Crippen LogP contribution in [0.25, 0.3) is 0 Å². The topological polar surface area (TPSA) is 79.5 Å². The molecule has 96 valence electrons. The Bertz CT molecular complexity index is 295. The zero-order valence-electron chi connectivity index (χ0n) is 10.2. The molecule has 0 atom stereocenters. The van der Waals surface area contributed by atoms with Gasteiger partial charge < -0.3 is 16.4 Å². The molecule has 2 aliphatic carbocycles. The molecule has 0 unspecified atom stereocenters. The molecule has 0 heterocycles. The summed E-state index contributed by atoms with van der Waals surface area (Å²) in [4.78, 5) is 15.6. The zero-order chi connectivity index (χ0) is 12.1. The van der Waals surface area contributed by atoms with E-state index in [-0.39, 0.29) is 11.8 Å². The SMILES string of the molecule is NC(=NCC1CCC1)NCCNC(=O)C1CC1. The van der Waals surface area contributed by atoms with Gasteiger partial charge in [0.1, 0.15) is 0 Å². The van der Waals surface area contributed by atoms with E-state index in [0.717, 1.165) is 25.3 Å². The third-order valence-corrected chi connectivity index (χ3v) is 3.42. The van der Waals surface area contributed by atoms with Crippen molar-refractivity contribution in [2.24, 2.45) is 22.6 Å². The van der Waals surface area contributed by atoms with E-state index in [9.17, 15) is 4.79 Å². The molecule has 0 bridgehead atoms. The van der Waals surface area contributed by atoms with Gasteiger partial charge in [-0.05, 0) is 31.6 Å². The van der Waals surface area contributed by atoms with Crippen LogP contribution in [-0.2, 0) is 4.79 Å². The van der Waals surface area contributed by atoms with Crippen molar-refractivity contribution in [3.63, 3.8) is 0 Å². The van der Waals surface area contributed by atoms with Gasteiger partial charge in [0.2, 0.25) is 5.91 Å². The Morgan fingerprint density at radius 1 is 1.18 bits per heavy atom. The van der Waals surface area contributed by atoms with Gasteiger partial charge in [0.05, 0.1) is 0 Å². The molecule has 5 heteroatoms. The fraction of sp³-hybridized carbons (Fsp3) is 0.833. The van der Waals surface area contributed by atoms with Crippen molar-refractivity contribution in [3.8, 4) is 0 Å². The van der Waals surface area contributed by atoms with Crippen molar-refractivity contribution in [2.45, 2.75) is 32.1 Å². The second-order valence-electron chi connectivity index (χ2n) is 5.01. The highest BCUT2D eigenvalue weighted by Crippen LogP contribution is 2.28. The Kier molecular flexibility index (Phi) is 4.23. The molecule has 2 rings (SSSR count). The summed E-state index contributed by atoms with van der Waals surface area (Å²) in [5.74, 6) is 1.69. The van der Waals surface area contributed by atoms with Gasteiger partial charge in [0, 0.05) is 25.6 Å². The van der Waals surface area contributed by atoms with Crippen molar-refractivity contribution >= 4 is 11.9 Å². The molecule has 0 aliphatic heterocycles. The van der Waals surface area contributed by atoms with E-state index < -0.39 is 0 Å². The van der Waals surface area contributed by atoms with Gasteiger partial charge in [0.25, 0.3) is 0 Å². The second-order valence-corrected chi connectivity index (χ2v) is 5.01. The van der Waals surface area contributed by atoms with Crippen LogP contribution >= 0.6 is 0 Å². The number of hydrogen-bond donors (Lipinski definition) is 3. The molecule has 0 saturated heterocycles. The van der Waals surface area contributed by atoms with E-state index in [2.05, 4.69) is 15.6 Å². The molecule has 17 heavy (non-hydrogen) atoms. The summed E-state index contributed by atoms with van der Waals surface area (Å²) in [5, 5.41) is 5.89. The third-order valence-electron chi connectivity index (χ3n) is 3.42. The maximum atomic E-state index is 11.3. The van der Waals surface area contributed by atoms with Crippen LogP contribution in [0, 0.1) is 11.8 Å². The Hall–Kier alpha value is -1.26. The summed E-state index contributed by atoms with van der Waals surface area (Å²) in [6, 6.07) is 0. The van der Waals surface area contributed by atoms with Gasteiger partial charge in [-0.15, -0.1) is 0 Å². The minimum Gasteiger partial charge on any atom is -0.370 e. The van der Waals surface area contributed by atoms with Gasteiger partial charge in [-0.3, -0.25) is 9.79 Å². The highest BCUT2D eigenvalue weighted by molar-refractivity contribution is 5.81. The van der Waals surface area contributed by atoms with Gasteiger partial charge in [-0.1, -0.05) is 6.42 Å². The molecule has 5 nitrogen and oxygen atoms in total. The Morgan fingerprint density at radius 3 is 2.47 bits per heavy atom. The summed E-state index contributed by atoms with van der Waals surface area (Å²) in [6.07, 6.45) is 6.00. The predicted molar refractivity (Wildman–Crippen MR) is 67.6 cm³/mol. The average molecular weight is 238 g/mol. The van der Waals surface area contributed by atoms with E-state index in [1.807, 2.05) is 0 Å². The van der Waals surface area contributed by atoms with Crippen LogP contribution in [0.15, 0.2) is 4.99 Å². The Balaban J connectivity index is 1.49. The minimum absolute atomic E-state index is 0.178. The number of nitrogens with zero attached hydrogens (tertiary/aromatic N) is 1. The molecular weight excluding hydrogens is 216 g/mol. The lowest BCUT2D eigenvalue weighted by Gasteiger charge is -2.23. The third kappa shape index (κ3) is 4.24. The number of carbonyl (C=O) groups is 1. The lowest BCUT2D eigenvalue weighted by atomic mass is 9.86. The van der Waals surface area contributed by atoms with Crippen molar-refractivity contribution in [2.75, 3.05) is 19.6 Å². The van der Waals surface area contributed by atoms with E-state index in [1.165, 1.54) is 19.3 Å². The first-order valence-corrected chi connectivity index (χ1v) is 6.57. The highest BCUT2D eigenvalue weighted by atomic mass is 16.2. The minimum atomic E-state index is 0.178. The van der Waals surface area contributed by atoms with Crippen LogP contribution < -0.4 is 16.4 Å². The number of aliphatic imine (C=N–C) groups is 1. The van der Waals surface area contributed by atoms with E-state index in [4.69, 9.17) is 5.73 Å². The van der Waals surface area contributed by atoms with Gasteiger partial charge in [-0.25, -0.2) is 0 Å². The van der Waals surface area contributed by atoms with Crippen LogP contribution in [0.4, 0.5) is 0 Å². The number of carbonyl (C=O) groups excluding carboxylic acids is 1. The largest absolute Gasteiger partial charge is 0.370 e. The number of rotatable bonds is 6. The first-order valence-electron chi connectivity index (χ1n) is 6.57. The van der Waals surface area contributed by atoms with Crippen molar-refractivity contribution in [1.29, 1.82) is 0 Å². The molecule has 0 spiro atoms. The predicted octanol–water partition coefficient (Wildman–Crippen LogP) is 0.217. The lowest BCUT2D eigenvalue weighted by Crippen LogP contribution is -2.39. The summed E-state index contributed by atoms with van der Waals surface area (Å²) >= 11 is 0. The van der Waals surface area contributed by atoms with Crippen LogP contribution in [0.1, 0.15) is 32.1 Å². The molecule has 0 aromatic heterocycles. The Labute approximate surface area is 102 Å². The molecular formula is C12H22N4O. The lowest BCUT2D eigenvalue weighted by molar-refractivity contribution is -0.122. The molecule has 0 aromatic carbocycles. The maximum absolute atomic E-state index is 11.3. The summed E-state index contributed by atoms with van der Waals surface area (Å²) in [7, 11) is 0. The van der Waals surface area contributed by atoms with Crippen LogP contribution in [-0.4, -0.2) is 31.5 Å². The van der Waals surface area contributed by atoms with Crippen LogP contribution in [0.2, 0.25) is 0 Å². The summed E-state index contributed by atoms with van der Waals surface area (Å²) in [6.45, 7) is 2.11. The fourth-order valence-corrected chi connectivity index (χ4v) is 1.82. The van der Waals surface area contributed by atoms with Gasteiger partial charge >= 0.3 is 0 Å². The number of nitrogens with one attached hydrogen (secondary N) is 2. The van der Waals surface area contributed by atoms with Crippen LogP contribution in [0.5, 0.6) is 0 Å². The van der Waals surface area contributed by atoms with Crippen molar-refractivity contribution in [1.82, 2.24) is 10.6 Å². The summed E-state index contributed by atoms with van der Waals surface area (Å²) < 4.78 is 0. The molecule has 1 amide bonds. The molecule has 2 fully saturated rings. The number of guanidine groups is 1. The first-order chi connectivity index (χ1) is 8.25. The van der Waals surface area contributed by atoms with E-state index >= 15 is 0 Å². The zero-order valence-corrected chi connectivity index (χ0v) is 10.2. The van der Waals surface area contributed by atoms with E-state index in [1.54, 1.807) is 0 Å². The fourth-order valence-electron chi connectivity index (χ4n) is 1.82. The standard InChI is InChI=1S/C12H22N4O/c13-12(16-8-9-2-1-3-9)15-7-6-14-11(17)10-4-5-10/h9-10H,1-8H2,(H,14,17)(H3,13,15,16). The quantitative estimate of drug-likeness (QED) is 0.352.